The number of likely N-dealkylation sites (tertiary alicyclic amines) is 1. The third kappa shape index (κ3) is 4.45. The van der Waals surface area contributed by atoms with Gasteiger partial charge in [-0.2, -0.15) is 13.2 Å². The second kappa shape index (κ2) is 6.46. The first-order valence-corrected chi connectivity index (χ1v) is 6.77. The summed E-state index contributed by atoms with van der Waals surface area (Å²) in [5.74, 6) is -6.99. The third-order valence-electron chi connectivity index (χ3n) is 2.86. The Labute approximate surface area is 121 Å². The number of aliphatic carboxylic acids is 1. The van der Waals surface area contributed by atoms with Crippen molar-refractivity contribution in [2.45, 2.75) is 25.6 Å². The van der Waals surface area contributed by atoms with Crippen LogP contribution in [0.15, 0.2) is 0 Å². The maximum atomic E-state index is 12.9. The van der Waals surface area contributed by atoms with E-state index in [4.69, 9.17) is 5.11 Å². The Morgan fingerprint density at radius 3 is 2.43 bits per heavy atom. The number of halogens is 3. The molecular weight excluding hydrogens is 315 g/mol. The number of carbonyl (C=O) groups is 4. The summed E-state index contributed by atoms with van der Waals surface area (Å²) in [7, 11) is 0. The fraction of sp³-hybridized carbons (Fsp3) is 0.636. The van der Waals surface area contributed by atoms with Crippen LogP contribution in [0.2, 0.25) is 0 Å². The normalized spacial score (nSPS) is 20.5. The predicted octanol–water partition coefficient (Wildman–Crippen LogP) is 0.699. The lowest BCUT2D eigenvalue weighted by atomic mass is 10.1. The number of alkyl halides is 3. The summed E-state index contributed by atoms with van der Waals surface area (Å²) in [5, 5.41) is 8.27. The van der Waals surface area contributed by atoms with Crippen molar-refractivity contribution in [3.05, 3.63) is 0 Å². The van der Waals surface area contributed by atoms with Gasteiger partial charge in [0, 0.05) is 19.1 Å². The number of nitrogens with zero attached hydrogens (tertiary/aromatic N) is 1. The Balaban J connectivity index is 2.96. The van der Waals surface area contributed by atoms with Crippen LogP contribution in [0.25, 0.3) is 0 Å². The van der Waals surface area contributed by atoms with Gasteiger partial charge >= 0.3 is 12.1 Å². The van der Waals surface area contributed by atoms with Gasteiger partial charge < -0.3 is 10.0 Å². The first kappa shape index (κ1) is 17.5. The lowest BCUT2D eigenvalue weighted by Gasteiger charge is -2.27. The number of amides is 1. The predicted molar refractivity (Wildman–Crippen MR) is 65.4 cm³/mol. The summed E-state index contributed by atoms with van der Waals surface area (Å²) in [6.07, 6.45) is -5.43. The minimum absolute atomic E-state index is 0.325. The number of hydrogen-bond donors (Lipinski definition) is 1. The monoisotopic (exact) mass is 327 g/mol. The minimum atomic E-state index is -4.92. The highest BCUT2D eigenvalue weighted by molar-refractivity contribution is 8.13. The number of carboxylic acids is 1. The first-order chi connectivity index (χ1) is 9.54. The molecule has 0 radical (unpaired) electrons. The SMILES string of the molecule is CC(=O)SCC(C(=O)N1CC(=O)C[C@H]1C(=O)O)C(F)(F)F. The van der Waals surface area contributed by atoms with E-state index in [2.05, 4.69) is 0 Å². The molecule has 1 saturated heterocycles. The molecule has 118 valence electrons. The molecule has 1 amide bonds. The van der Waals surface area contributed by atoms with Gasteiger partial charge in [0.05, 0.1) is 6.54 Å². The van der Waals surface area contributed by atoms with Gasteiger partial charge in [0.25, 0.3) is 0 Å². The van der Waals surface area contributed by atoms with Crippen molar-refractivity contribution >= 4 is 34.5 Å². The van der Waals surface area contributed by atoms with Gasteiger partial charge in [-0.3, -0.25) is 14.4 Å². The molecule has 0 aromatic carbocycles. The Morgan fingerprint density at radius 2 is 2.00 bits per heavy atom. The van der Waals surface area contributed by atoms with Crippen LogP contribution in [0, 0.1) is 5.92 Å². The molecule has 21 heavy (non-hydrogen) atoms. The molecule has 0 aliphatic carbocycles. The molecule has 1 aliphatic heterocycles. The first-order valence-electron chi connectivity index (χ1n) is 5.79. The van der Waals surface area contributed by atoms with Gasteiger partial charge in [-0.1, -0.05) is 11.8 Å². The number of rotatable bonds is 4. The topological polar surface area (TPSA) is 91.8 Å². The summed E-state index contributed by atoms with van der Waals surface area (Å²) < 4.78 is 38.7. The Morgan fingerprint density at radius 1 is 1.43 bits per heavy atom. The fourth-order valence-corrected chi connectivity index (χ4v) is 2.58. The zero-order valence-corrected chi connectivity index (χ0v) is 11.7. The zero-order chi connectivity index (χ0) is 16.4. The van der Waals surface area contributed by atoms with E-state index in [-0.39, 0.29) is 0 Å². The molecule has 6 nitrogen and oxygen atoms in total. The van der Waals surface area contributed by atoms with Gasteiger partial charge in [0.2, 0.25) is 5.91 Å². The lowest BCUT2D eigenvalue weighted by Crippen LogP contribution is -2.48. The van der Waals surface area contributed by atoms with E-state index < -0.39 is 59.6 Å². The van der Waals surface area contributed by atoms with Gasteiger partial charge in [-0.15, -0.1) is 0 Å². The second-order valence-electron chi connectivity index (χ2n) is 4.46. The summed E-state index contributed by atoms with van der Waals surface area (Å²) in [6, 6.07) is -1.59. The molecule has 1 N–H and O–H groups in total. The zero-order valence-electron chi connectivity index (χ0n) is 10.8. The van der Waals surface area contributed by atoms with Crippen molar-refractivity contribution < 1.29 is 37.5 Å². The van der Waals surface area contributed by atoms with Crippen LogP contribution in [0.4, 0.5) is 13.2 Å². The van der Waals surface area contributed by atoms with E-state index in [1.54, 1.807) is 0 Å². The van der Waals surface area contributed by atoms with Gasteiger partial charge in [-0.05, 0) is 0 Å². The van der Waals surface area contributed by atoms with Gasteiger partial charge in [0.15, 0.2) is 10.9 Å². The highest BCUT2D eigenvalue weighted by atomic mass is 32.2. The molecule has 1 rings (SSSR count). The molecule has 2 atom stereocenters. The van der Waals surface area contributed by atoms with E-state index in [0.29, 0.717) is 16.7 Å². The maximum absolute atomic E-state index is 12.9. The minimum Gasteiger partial charge on any atom is -0.480 e. The van der Waals surface area contributed by atoms with E-state index in [9.17, 15) is 32.3 Å². The number of carbonyl (C=O) groups excluding carboxylic acids is 3. The van der Waals surface area contributed by atoms with Crippen molar-refractivity contribution in [1.29, 1.82) is 0 Å². The van der Waals surface area contributed by atoms with E-state index >= 15 is 0 Å². The number of carboxylic acid groups (broad SMARTS) is 1. The van der Waals surface area contributed by atoms with Crippen LogP contribution in [-0.2, 0) is 19.2 Å². The van der Waals surface area contributed by atoms with Crippen LogP contribution in [-0.4, -0.2) is 57.3 Å². The van der Waals surface area contributed by atoms with Crippen LogP contribution in [0.3, 0.4) is 0 Å². The van der Waals surface area contributed by atoms with Crippen molar-refractivity contribution in [2.24, 2.45) is 5.92 Å². The number of ketones is 1. The fourth-order valence-electron chi connectivity index (χ4n) is 1.85. The van der Waals surface area contributed by atoms with Crippen molar-refractivity contribution in [2.75, 3.05) is 12.3 Å². The molecule has 0 spiro atoms. The number of hydrogen-bond acceptors (Lipinski definition) is 5. The maximum Gasteiger partial charge on any atom is 0.401 e. The van der Waals surface area contributed by atoms with Crippen molar-refractivity contribution in [3.8, 4) is 0 Å². The smallest absolute Gasteiger partial charge is 0.401 e. The van der Waals surface area contributed by atoms with Crippen LogP contribution in [0.5, 0.6) is 0 Å². The summed E-state index contributed by atoms with van der Waals surface area (Å²) >= 11 is 0.325. The van der Waals surface area contributed by atoms with Crippen LogP contribution < -0.4 is 0 Å². The number of Topliss-reactive ketones (excluding diaryl/α,β-unsaturated/α-hetero) is 1. The lowest BCUT2D eigenvalue weighted by molar-refractivity contribution is -0.186. The molecule has 1 aliphatic rings. The van der Waals surface area contributed by atoms with Gasteiger partial charge in [-0.25, -0.2) is 4.79 Å². The standard InChI is InChI=1S/C11H12F3NO5S/c1-5(16)21-4-7(11(12,13)14)9(18)15-3-6(17)2-8(15)10(19)20/h7-8H,2-4H2,1H3,(H,19,20)/t7?,8-/m0/s1. The average molecular weight is 327 g/mol. The highest BCUT2D eigenvalue weighted by Gasteiger charge is 2.50. The number of thioether (sulfide) groups is 1. The molecule has 0 saturated carbocycles. The van der Waals surface area contributed by atoms with Crippen molar-refractivity contribution in [1.82, 2.24) is 4.90 Å². The molecular formula is C11H12F3NO5S. The third-order valence-corrected chi connectivity index (χ3v) is 3.77. The van der Waals surface area contributed by atoms with E-state index in [0.717, 1.165) is 6.92 Å². The molecule has 1 heterocycles. The Bertz CT molecular complexity index is 479. The molecule has 1 fully saturated rings. The van der Waals surface area contributed by atoms with Gasteiger partial charge in [0.1, 0.15) is 12.0 Å². The molecule has 0 bridgehead atoms. The largest absolute Gasteiger partial charge is 0.480 e. The van der Waals surface area contributed by atoms with Crippen LogP contribution >= 0.6 is 11.8 Å². The van der Waals surface area contributed by atoms with Crippen molar-refractivity contribution in [3.63, 3.8) is 0 Å². The summed E-state index contributed by atoms with van der Waals surface area (Å²) in [4.78, 5) is 45.2. The Hall–Kier alpha value is -1.58. The molecule has 0 aromatic rings. The molecule has 10 heteroatoms. The Kier molecular flexibility index (Phi) is 5.37. The molecule has 1 unspecified atom stereocenters. The molecule has 0 aromatic heterocycles. The quantitative estimate of drug-likeness (QED) is 0.817. The highest BCUT2D eigenvalue weighted by Crippen LogP contribution is 2.32. The second-order valence-corrected chi connectivity index (χ2v) is 5.66. The summed E-state index contributed by atoms with van der Waals surface area (Å²) in [6.45, 7) is 0.398. The average Bonchev–Trinajstić information content (AvgIpc) is 2.69. The van der Waals surface area contributed by atoms with Crippen LogP contribution in [0.1, 0.15) is 13.3 Å². The summed E-state index contributed by atoms with van der Waals surface area (Å²) in [5.41, 5.74) is 0. The van der Waals surface area contributed by atoms with E-state index in [1.807, 2.05) is 0 Å². The van der Waals surface area contributed by atoms with E-state index in [1.165, 1.54) is 0 Å².